The first-order valence-electron chi connectivity index (χ1n) is 6.31. The van der Waals surface area contributed by atoms with Crippen LogP contribution in [-0.2, 0) is 9.47 Å². The van der Waals surface area contributed by atoms with E-state index in [4.69, 9.17) is 9.47 Å². The van der Waals surface area contributed by atoms with Gasteiger partial charge < -0.3 is 19.3 Å². The number of likely N-dealkylation sites (N-methyl/N-ethyl adjacent to an activating group) is 2. The Morgan fingerprint density at radius 1 is 0.625 bits per heavy atom. The van der Waals surface area contributed by atoms with Crippen molar-refractivity contribution in [1.29, 1.82) is 0 Å². The van der Waals surface area contributed by atoms with E-state index in [-0.39, 0.29) is 0 Å². The summed E-state index contributed by atoms with van der Waals surface area (Å²) in [5.74, 6) is 0. The van der Waals surface area contributed by atoms with Crippen LogP contribution in [0.2, 0.25) is 0 Å². The highest BCUT2D eigenvalue weighted by atomic mass is 16.5. The zero-order chi connectivity index (χ0) is 11.6. The van der Waals surface area contributed by atoms with Crippen LogP contribution in [0.4, 0.5) is 0 Å². The molecule has 0 spiro atoms. The fourth-order valence-electron chi connectivity index (χ4n) is 1.75. The van der Waals surface area contributed by atoms with Gasteiger partial charge in [0.2, 0.25) is 0 Å². The van der Waals surface area contributed by atoms with Gasteiger partial charge in [0.05, 0.1) is 26.4 Å². The standard InChI is InChI=1S/C12H26N2O2/c1-13-5-3-4-6-14(2)8-10-16-12-11-15-9-7-13/h3-12H2,1-2H3. The molecule has 4 heteroatoms. The summed E-state index contributed by atoms with van der Waals surface area (Å²) in [5.41, 5.74) is 0. The van der Waals surface area contributed by atoms with Gasteiger partial charge in [-0.25, -0.2) is 0 Å². The summed E-state index contributed by atoms with van der Waals surface area (Å²) in [5, 5.41) is 0. The molecule has 1 aliphatic rings. The molecule has 1 fully saturated rings. The molecule has 16 heavy (non-hydrogen) atoms. The third-order valence-corrected chi connectivity index (χ3v) is 2.94. The van der Waals surface area contributed by atoms with Gasteiger partial charge in [0.25, 0.3) is 0 Å². The summed E-state index contributed by atoms with van der Waals surface area (Å²) in [4.78, 5) is 4.68. The van der Waals surface area contributed by atoms with Gasteiger partial charge in [-0.1, -0.05) is 0 Å². The molecule has 0 aromatic heterocycles. The SMILES string of the molecule is CN1CCCCN(C)CCOCCOCC1. The van der Waals surface area contributed by atoms with E-state index in [9.17, 15) is 0 Å². The zero-order valence-corrected chi connectivity index (χ0v) is 10.8. The quantitative estimate of drug-likeness (QED) is 0.611. The predicted octanol–water partition coefficient (Wildman–Crippen LogP) is 0.677. The van der Waals surface area contributed by atoms with Crippen molar-refractivity contribution in [3.05, 3.63) is 0 Å². The first kappa shape index (κ1) is 13.9. The molecule has 1 rings (SSSR count). The largest absolute Gasteiger partial charge is 0.378 e. The normalized spacial score (nSPS) is 25.1. The van der Waals surface area contributed by atoms with Crippen molar-refractivity contribution < 1.29 is 9.47 Å². The Morgan fingerprint density at radius 3 is 1.50 bits per heavy atom. The second-order valence-corrected chi connectivity index (χ2v) is 4.54. The number of rotatable bonds is 0. The van der Waals surface area contributed by atoms with E-state index in [1.807, 2.05) is 0 Å². The molecule has 96 valence electrons. The molecule has 1 heterocycles. The average Bonchev–Trinajstić information content (AvgIpc) is 2.27. The highest BCUT2D eigenvalue weighted by Gasteiger charge is 2.02. The lowest BCUT2D eigenvalue weighted by atomic mass is 10.3. The first-order chi connectivity index (χ1) is 7.79. The second kappa shape index (κ2) is 8.93. The van der Waals surface area contributed by atoms with Crippen molar-refractivity contribution in [3.63, 3.8) is 0 Å². The Morgan fingerprint density at radius 2 is 1.06 bits per heavy atom. The topological polar surface area (TPSA) is 24.9 Å². The zero-order valence-electron chi connectivity index (χ0n) is 10.8. The van der Waals surface area contributed by atoms with Crippen molar-refractivity contribution in [1.82, 2.24) is 9.80 Å². The molecule has 0 atom stereocenters. The van der Waals surface area contributed by atoms with Crippen molar-refractivity contribution >= 4 is 0 Å². The summed E-state index contributed by atoms with van der Waals surface area (Å²) in [6, 6.07) is 0. The molecule has 0 saturated carbocycles. The maximum Gasteiger partial charge on any atom is 0.0701 e. The van der Waals surface area contributed by atoms with Gasteiger partial charge in [-0.15, -0.1) is 0 Å². The van der Waals surface area contributed by atoms with Gasteiger partial charge in [0.15, 0.2) is 0 Å². The van der Waals surface area contributed by atoms with Gasteiger partial charge in [0.1, 0.15) is 0 Å². The van der Waals surface area contributed by atoms with Crippen LogP contribution in [0.15, 0.2) is 0 Å². The third kappa shape index (κ3) is 7.17. The highest BCUT2D eigenvalue weighted by Crippen LogP contribution is 1.96. The molecule has 0 amide bonds. The number of ether oxygens (including phenoxy) is 2. The van der Waals surface area contributed by atoms with E-state index in [1.54, 1.807) is 0 Å². The Kier molecular flexibility index (Phi) is 7.76. The number of hydrogen-bond donors (Lipinski definition) is 0. The molecule has 0 aromatic rings. The maximum atomic E-state index is 5.50. The lowest BCUT2D eigenvalue weighted by Crippen LogP contribution is -2.28. The molecule has 1 aliphatic heterocycles. The maximum absolute atomic E-state index is 5.50. The van der Waals surface area contributed by atoms with E-state index in [0.717, 1.165) is 39.5 Å². The van der Waals surface area contributed by atoms with Crippen LogP contribution in [0, 0.1) is 0 Å². The van der Waals surface area contributed by atoms with E-state index in [0.29, 0.717) is 0 Å². The van der Waals surface area contributed by atoms with Crippen LogP contribution in [0.5, 0.6) is 0 Å². The third-order valence-electron chi connectivity index (χ3n) is 2.94. The first-order valence-corrected chi connectivity index (χ1v) is 6.31. The number of nitrogens with zero attached hydrogens (tertiary/aromatic N) is 2. The smallest absolute Gasteiger partial charge is 0.0701 e. The van der Waals surface area contributed by atoms with Crippen molar-refractivity contribution in [2.75, 3.05) is 66.7 Å². The fraction of sp³-hybridized carbons (Fsp3) is 1.00. The second-order valence-electron chi connectivity index (χ2n) is 4.54. The summed E-state index contributed by atoms with van der Waals surface area (Å²) < 4.78 is 11.0. The lowest BCUT2D eigenvalue weighted by Gasteiger charge is -2.20. The van der Waals surface area contributed by atoms with Gasteiger partial charge in [-0.2, -0.15) is 0 Å². The monoisotopic (exact) mass is 230 g/mol. The number of hydrogen-bond acceptors (Lipinski definition) is 4. The Labute approximate surface area is 99.5 Å². The van der Waals surface area contributed by atoms with E-state index in [2.05, 4.69) is 23.9 Å². The summed E-state index contributed by atoms with van der Waals surface area (Å²) in [6.07, 6.45) is 2.53. The molecular weight excluding hydrogens is 204 g/mol. The average molecular weight is 230 g/mol. The molecule has 4 nitrogen and oxygen atoms in total. The molecular formula is C12H26N2O2. The lowest BCUT2D eigenvalue weighted by molar-refractivity contribution is 0.0331. The van der Waals surface area contributed by atoms with Gasteiger partial charge in [0, 0.05) is 13.1 Å². The van der Waals surface area contributed by atoms with E-state index >= 15 is 0 Å². The molecule has 0 radical (unpaired) electrons. The molecule has 0 aliphatic carbocycles. The molecule has 0 aromatic carbocycles. The minimum absolute atomic E-state index is 0.720. The van der Waals surface area contributed by atoms with Gasteiger partial charge >= 0.3 is 0 Å². The highest BCUT2D eigenvalue weighted by molar-refractivity contribution is 4.56. The van der Waals surface area contributed by atoms with Crippen LogP contribution in [-0.4, -0.2) is 76.5 Å². The van der Waals surface area contributed by atoms with E-state index in [1.165, 1.54) is 25.9 Å². The Balaban J connectivity index is 2.19. The van der Waals surface area contributed by atoms with Crippen molar-refractivity contribution in [2.24, 2.45) is 0 Å². The van der Waals surface area contributed by atoms with Crippen LogP contribution in [0.1, 0.15) is 12.8 Å². The van der Waals surface area contributed by atoms with Gasteiger partial charge in [-0.3, -0.25) is 0 Å². The van der Waals surface area contributed by atoms with Crippen LogP contribution in [0.25, 0.3) is 0 Å². The molecule has 1 saturated heterocycles. The Bertz CT molecular complexity index is 149. The van der Waals surface area contributed by atoms with Crippen LogP contribution >= 0.6 is 0 Å². The van der Waals surface area contributed by atoms with Crippen LogP contribution in [0.3, 0.4) is 0 Å². The minimum atomic E-state index is 0.720. The van der Waals surface area contributed by atoms with Gasteiger partial charge in [-0.05, 0) is 40.0 Å². The Hall–Kier alpha value is -0.160. The summed E-state index contributed by atoms with van der Waals surface area (Å²) in [7, 11) is 4.32. The van der Waals surface area contributed by atoms with Crippen molar-refractivity contribution in [2.45, 2.75) is 12.8 Å². The summed E-state index contributed by atoms with van der Waals surface area (Å²) in [6.45, 7) is 7.47. The van der Waals surface area contributed by atoms with Crippen molar-refractivity contribution in [3.8, 4) is 0 Å². The van der Waals surface area contributed by atoms with Crippen LogP contribution < -0.4 is 0 Å². The minimum Gasteiger partial charge on any atom is -0.378 e. The fourth-order valence-corrected chi connectivity index (χ4v) is 1.75. The molecule has 0 unspecified atom stereocenters. The predicted molar refractivity (Wildman–Crippen MR) is 65.9 cm³/mol. The van der Waals surface area contributed by atoms with E-state index < -0.39 is 0 Å². The summed E-state index contributed by atoms with van der Waals surface area (Å²) >= 11 is 0. The molecule has 0 N–H and O–H groups in total. The molecule has 0 bridgehead atoms.